The molecule has 1 atom stereocenters. The minimum Gasteiger partial charge on any atom is -0.462 e. The van der Waals surface area contributed by atoms with Gasteiger partial charge in [0.2, 0.25) is 0 Å². The van der Waals surface area contributed by atoms with Gasteiger partial charge < -0.3 is 14.2 Å². The van der Waals surface area contributed by atoms with Gasteiger partial charge in [0.15, 0.2) is 6.10 Å². The summed E-state index contributed by atoms with van der Waals surface area (Å²) in [7, 11) is 0. The zero-order valence-corrected chi connectivity index (χ0v) is 54.7. The van der Waals surface area contributed by atoms with Crippen molar-refractivity contribution in [1.29, 1.82) is 0 Å². The van der Waals surface area contributed by atoms with E-state index in [2.05, 4.69) is 130 Å². The maximum atomic E-state index is 13.0. The number of carbonyl (C=O) groups is 3. The van der Waals surface area contributed by atoms with Gasteiger partial charge in [-0.15, -0.1) is 0 Å². The Morgan fingerprint density at radius 3 is 0.747 bits per heavy atom. The Labute approximate surface area is 514 Å². The van der Waals surface area contributed by atoms with E-state index in [-0.39, 0.29) is 31.1 Å². The monoisotopic (exact) mass is 1150 g/mol. The van der Waals surface area contributed by atoms with Gasteiger partial charge in [0, 0.05) is 19.3 Å². The Bertz CT molecular complexity index is 1660. The molecule has 0 bridgehead atoms. The van der Waals surface area contributed by atoms with Gasteiger partial charge in [-0.1, -0.05) is 323 Å². The van der Waals surface area contributed by atoms with Crippen molar-refractivity contribution in [2.75, 3.05) is 13.2 Å². The molecule has 0 N–H and O–H groups in total. The SMILES string of the molecule is CC/C=C\C/C=C\C/C=C\C/C=C\C/C=C\C/C=C\C/C=C\C/C=C\CCCCCCC(=O)OCC(COC(=O)CCCCCCCCC/C=C\CCCCCCCC)OC(=O)CCCCCCCCCCCCCCCCCCCCC. The normalized spacial score (nSPS) is 12.8. The number of esters is 3. The molecule has 0 aromatic carbocycles. The van der Waals surface area contributed by atoms with Crippen molar-refractivity contribution in [2.45, 2.75) is 348 Å². The standard InChI is InChI=1S/C77H132O6/c1-4-7-10-13-16-19-22-25-28-31-33-34-35-36-37-38-39-40-41-42-44-46-49-52-55-58-61-64-67-70-76(79)82-73-74(72-81-75(78)69-66-63-60-57-54-51-48-45-30-27-24-21-18-15-12-9-6-3)83-77(80)71-68-65-62-59-56-53-50-47-43-32-29-26-23-20-17-14-11-8-5-2/h7,10,16,19,25,27-28,30,33-34,36-37,39-40,42,44,49,52,74H,4-6,8-9,11-15,17-18,20-24,26,29,31-32,35,38,41,43,45-48,50-51,53-73H2,1-3H3/b10-7-,19-16-,28-25-,30-27-,34-33-,37-36-,40-39-,44-42-,52-49-. The fraction of sp³-hybridized carbons (Fsp3) is 0.727. The van der Waals surface area contributed by atoms with E-state index < -0.39 is 6.10 Å². The predicted molar refractivity (Wildman–Crippen MR) is 362 cm³/mol. The van der Waals surface area contributed by atoms with E-state index >= 15 is 0 Å². The quantitative estimate of drug-likeness (QED) is 0.0261. The van der Waals surface area contributed by atoms with Crippen LogP contribution in [0.5, 0.6) is 0 Å². The second-order valence-electron chi connectivity index (χ2n) is 23.4. The maximum Gasteiger partial charge on any atom is 0.306 e. The molecule has 0 amide bonds. The Morgan fingerprint density at radius 2 is 0.470 bits per heavy atom. The van der Waals surface area contributed by atoms with Crippen LogP contribution in [-0.4, -0.2) is 37.2 Å². The van der Waals surface area contributed by atoms with Gasteiger partial charge in [0.25, 0.3) is 0 Å². The summed E-state index contributed by atoms with van der Waals surface area (Å²) in [6, 6.07) is 0. The van der Waals surface area contributed by atoms with Crippen LogP contribution >= 0.6 is 0 Å². The Balaban J connectivity index is 4.40. The van der Waals surface area contributed by atoms with Crippen molar-refractivity contribution in [3.8, 4) is 0 Å². The molecule has 0 aliphatic heterocycles. The summed E-state index contributed by atoms with van der Waals surface area (Å²) in [5.74, 6) is -0.900. The summed E-state index contributed by atoms with van der Waals surface area (Å²) in [6.07, 6.45) is 96.7. The molecule has 0 rings (SSSR count). The number of hydrogen-bond acceptors (Lipinski definition) is 6. The number of allylic oxidation sites excluding steroid dienone is 18. The highest BCUT2D eigenvalue weighted by Gasteiger charge is 2.19. The summed E-state index contributed by atoms with van der Waals surface area (Å²) >= 11 is 0. The zero-order chi connectivity index (χ0) is 59.9. The number of unbranched alkanes of at least 4 members (excludes halogenated alkanes) is 35. The van der Waals surface area contributed by atoms with Crippen LogP contribution < -0.4 is 0 Å². The van der Waals surface area contributed by atoms with E-state index in [9.17, 15) is 14.4 Å². The first-order valence-electron chi connectivity index (χ1n) is 35.4. The third-order valence-corrected chi connectivity index (χ3v) is 15.3. The number of ether oxygens (including phenoxy) is 3. The molecule has 0 fully saturated rings. The summed E-state index contributed by atoms with van der Waals surface area (Å²) in [4.78, 5) is 38.5. The minimum atomic E-state index is -0.792. The predicted octanol–water partition coefficient (Wildman–Crippen LogP) is 24.6. The van der Waals surface area contributed by atoms with Crippen LogP contribution in [0.4, 0.5) is 0 Å². The molecule has 0 heterocycles. The Morgan fingerprint density at radius 1 is 0.253 bits per heavy atom. The topological polar surface area (TPSA) is 78.9 Å². The second kappa shape index (κ2) is 70.6. The van der Waals surface area contributed by atoms with Crippen LogP contribution in [0.2, 0.25) is 0 Å². The summed E-state index contributed by atoms with van der Waals surface area (Å²) in [5.41, 5.74) is 0. The molecule has 0 radical (unpaired) electrons. The van der Waals surface area contributed by atoms with Crippen molar-refractivity contribution in [2.24, 2.45) is 0 Å². The van der Waals surface area contributed by atoms with E-state index in [1.165, 1.54) is 180 Å². The highest BCUT2D eigenvalue weighted by atomic mass is 16.6. The van der Waals surface area contributed by atoms with Gasteiger partial charge in [0.05, 0.1) is 0 Å². The van der Waals surface area contributed by atoms with Gasteiger partial charge in [-0.05, 0) is 109 Å². The average molecular weight is 1150 g/mol. The van der Waals surface area contributed by atoms with Crippen molar-refractivity contribution in [3.63, 3.8) is 0 Å². The van der Waals surface area contributed by atoms with E-state index in [1.54, 1.807) is 0 Å². The van der Waals surface area contributed by atoms with Gasteiger partial charge in [-0.2, -0.15) is 0 Å². The number of rotatable bonds is 64. The molecule has 6 nitrogen and oxygen atoms in total. The van der Waals surface area contributed by atoms with Crippen LogP contribution in [0, 0.1) is 0 Å². The molecule has 0 aromatic heterocycles. The molecule has 83 heavy (non-hydrogen) atoms. The molecule has 1 unspecified atom stereocenters. The first-order chi connectivity index (χ1) is 41.0. The van der Waals surface area contributed by atoms with Crippen molar-refractivity contribution in [1.82, 2.24) is 0 Å². The Hall–Kier alpha value is -3.93. The fourth-order valence-corrected chi connectivity index (χ4v) is 9.99. The molecular weight excluding hydrogens is 1020 g/mol. The molecule has 0 aliphatic rings. The second-order valence-corrected chi connectivity index (χ2v) is 23.4. The van der Waals surface area contributed by atoms with Gasteiger partial charge in [0.1, 0.15) is 13.2 Å². The van der Waals surface area contributed by atoms with Gasteiger partial charge in [-0.25, -0.2) is 0 Å². The van der Waals surface area contributed by atoms with Crippen LogP contribution in [0.3, 0.4) is 0 Å². The van der Waals surface area contributed by atoms with Crippen molar-refractivity contribution < 1.29 is 28.6 Å². The smallest absolute Gasteiger partial charge is 0.306 e. The van der Waals surface area contributed by atoms with Gasteiger partial charge >= 0.3 is 17.9 Å². The molecular formula is C77H132O6. The van der Waals surface area contributed by atoms with Crippen LogP contribution in [0.1, 0.15) is 342 Å². The highest BCUT2D eigenvalue weighted by Crippen LogP contribution is 2.17. The molecule has 0 saturated carbocycles. The maximum absolute atomic E-state index is 13.0. The first-order valence-corrected chi connectivity index (χ1v) is 35.4. The molecule has 476 valence electrons. The van der Waals surface area contributed by atoms with E-state index in [4.69, 9.17) is 14.2 Å². The number of carbonyl (C=O) groups excluding carboxylic acids is 3. The van der Waals surface area contributed by atoms with E-state index in [0.717, 1.165) is 122 Å². The van der Waals surface area contributed by atoms with E-state index in [0.29, 0.717) is 19.3 Å². The van der Waals surface area contributed by atoms with E-state index in [1.807, 2.05) is 0 Å². The summed E-state index contributed by atoms with van der Waals surface area (Å²) < 4.78 is 17.0. The molecule has 0 aromatic rings. The summed E-state index contributed by atoms with van der Waals surface area (Å²) in [5, 5.41) is 0. The molecule has 0 aliphatic carbocycles. The first kappa shape index (κ1) is 79.1. The van der Waals surface area contributed by atoms with Crippen LogP contribution in [0.15, 0.2) is 109 Å². The molecule has 0 saturated heterocycles. The highest BCUT2D eigenvalue weighted by molar-refractivity contribution is 5.71. The largest absolute Gasteiger partial charge is 0.462 e. The average Bonchev–Trinajstić information content (AvgIpc) is 3.49. The zero-order valence-electron chi connectivity index (χ0n) is 54.7. The lowest BCUT2D eigenvalue weighted by Crippen LogP contribution is -2.30. The fourth-order valence-electron chi connectivity index (χ4n) is 9.99. The summed E-state index contributed by atoms with van der Waals surface area (Å²) in [6.45, 7) is 6.54. The van der Waals surface area contributed by atoms with Crippen molar-refractivity contribution >= 4 is 17.9 Å². The molecule has 0 spiro atoms. The van der Waals surface area contributed by atoms with Crippen LogP contribution in [0.25, 0.3) is 0 Å². The minimum absolute atomic E-state index is 0.0861. The lowest BCUT2D eigenvalue weighted by molar-refractivity contribution is -0.167. The van der Waals surface area contributed by atoms with Crippen molar-refractivity contribution in [3.05, 3.63) is 109 Å². The lowest BCUT2D eigenvalue weighted by Gasteiger charge is -2.18. The number of hydrogen-bond donors (Lipinski definition) is 0. The van der Waals surface area contributed by atoms with Crippen LogP contribution in [-0.2, 0) is 28.6 Å². The van der Waals surface area contributed by atoms with Gasteiger partial charge in [-0.3, -0.25) is 14.4 Å². The lowest BCUT2D eigenvalue weighted by atomic mass is 10.0. The molecule has 6 heteroatoms. The third-order valence-electron chi connectivity index (χ3n) is 15.3. The third kappa shape index (κ3) is 68.7. The Kier molecular flexibility index (Phi) is 67.2.